The molecule has 2 aromatic rings. The summed E-state index contributed by atoms with van der Waals surface area (Å²) in [5.74, 6) is -0.0750. The fourth-order valence-corrected chi connectivity index (χ4v) is 2.34. The van der Waals surface area contributed by atoms with Crippen molar-refractivity contribution in [2.24, 2.45) is 0 Å². The average molecular weight is 337 g/mol. The van der Waals surface area contributed by atoms with Gasteiger partial charge >= 0.3 is 0 Å². The number of hydrogen-bond donors (Lipinski definition) is 2. The molecule has 1 atom stereocenters. The largest absolute Gasteiger partial charge is 0.348 e. The molecule has 0 saturated carbocycles. The first kappa shape index (κ1) is 15.9. The molecule has 0 aliphatic carbocycles. The summed E-state index contributed by atoms with van der Waals surface area (Å²) in [6.45, 7) is 1.48. The third-order valence-electron chi connectivity index (χ3n) is 2.84. The van der Waals surface area contributed by atoms with Gasteiger partial charge in [-0.1, -0.05) is 42.0 Å². The number of carbonyl (C=O) groups is 1. The Morgan fingerprint density at radius 2 is 2.05 bits per heavy atom. The van der Waals surface area contributed by atoms with Crippen LogP contribution in [0.15, 0.2) is 42.6 Å². The summed E-state index contributed by atoms with van der Waals surface area (Å²) in [6.07, 6.45) is 1.61. The van der Waals surface area contributed by atoms with Crippen molar-refractivity contribution in [3.63, 3.8) is 0 Å². The van der Waals surface area contributed by atoms with E-state index in [2.05, 4.69) is 22.9 Å². The molecule has 1 N–H and O–H groups in total. The third-order valence-corrected chi connectivity index (χ3v) is 4.24. The molecule has 6 heteroatoms. The maximum Gasteiger partial charge on any atom is 0.178 e. The second kappa shape index (κ2) is 7.02. The molecular formula is C15H13ClN2OS2. The SMILES string of the molecule is CC(=O)c1ccc(C(S)C(=S)Nc2ccccc2Cl)cn1. The number of pyridine rings is 1. The van der Waals surface area contributed by atoms with Gasteiger partial charge in [0.25, 0.3) is 0 Å². The second-order valence-electron chi connectivity index (χ2n) is 4.40. The highest BCUT2D eigenvalue weighted by molar-refractivity contribution is 7.86. The minimum atomic E-state index is -0.329. The minimum absolute atomic E-state index is 0.0750. The first-order valence-corrected chi connectivity index (χ1v) is 7.49. The van der Waals surface area contributed by atoms with Crippen LogP contribution in [0.1, 0.15) is 28.2 Å². The van der Waals surface area contributed by atoms with Crippen LogP contribution in [-0.2, 0) is 0 Å². The Bertz CT molecular complexity index is 674. The maximum absolute atomic E-state index is 11.2. The van der Waals surface area contributed by atoms with Gasteiger partial charge in [-0.3, -0.25) is 9.78 Å². The molecule has 0 spiro atoms. The van der Waals surface area contributed by atoms with Crippen molar-refractivity contribution in [3.8, 4) is 0 Å². The number of thiocarbonyl (C=S) groups is 1. The van der Waals surface area contributed by atoms with Gasteiger partial charge in [-0.25, -0.2) is 0 Å². The number of anilines is 1. The number of hydrogen-bond acceptors (Lipinski definition) is 4. The molecule has 3 nitrogen and oxygen atoms in total. The zero-order chi connectivity index (χ0) is 15.4. The fourth-order valence-electron chi connectivity index (χ4n) is 1.69. The Morgan fingerprint density at radius 1 is 1.33 bits per heavy atom. The molecule has 1 aromatic carbocycles. The van der Waals surface area contributed by atoms with Crippen LogP contribution < -0.4 is 5.32 Å². The number of benzene rings is 1. The summed E-state index contributed by atoms with van der Waals surface area (Å²) in [5.41, 5.74) is 1.97. The molecule has 0 aliphatic rings. The third kappa shape index (κ3) is 4.03. The van der Waals surface area contributed by atoms with Crippen LogP contribution in [0.5, 0.6) is 0 Å². The van der Waals surface area contributed by atoms with Gasteiger partial charge in [-0.2, -0.15) is 12.6 Å². The van der Waals surface area contributed by atoms with Gasteiger partial charge < -0.3 is 5.32 Å². The average Bonchev–Trinajstić information content (AvgIpc) is 2.49. The van der Waals surface area contributed by atoms with E-state index in [1.54, 1.807) is 24.4 Å². The van der Waals surface area contributed by atoms with Crippen molar-refractivity contribution in [2.45, 2.75) is 12.2 Å². The number of Topliss-reactive ketones (excluding diaryl/α,β-unsaturated/α-hetero) is 1. The predicted octanol–water partition coefficient (Wildman–Crippen LogP) is 4.35. The monoisotopic (exact) mass is 336 g/mol. The Morgan fingerprint density at radius 3 is 2.62 bits per heavy atom. The molecule has 0 aliphatic heterocycles. The first-order chi connectivity index (χ1) is 9.99. The van der Waals surface area contributed by atoms with Gasteiger partial charge in [0, 0.05) is 13.1 Å². The van der Waals surface area contributed by atoms with E-state index >= 15 is 0 Å². The molecule has 0 bridgehead atoms. The van der Waals surface area contributed by atoms with E-state index in [1.807, 2.05) is 18.2 Å². The summed E-state index contributed by atoms with van der Waals surface area (Å²) in [7, 11) is 0. The van der Waals surface area contributed by atoms with Crippen LogP contribution in [0.4, 0.5) is 5.69 Å². The highest BCUT2D eigenvalue weighted by atomic mass is 35.5. The van der Waals surface area contributed by atoms with Crippen LogP contribution >= 0.6 is 36.4 Å². The summed E-state index contributed by atoms with van der Waals surface area (Å²) < 4.78 is 0. The van der Waals surface area contributed by atoms with Crippen LogP contribution in [0.2, 0.25) is 5.02 Å². The normalized spacial score (nSPS) is 11.8. The number of thiol groups is 1. The Labute approximate surface area is 139 Å². The van der Waals surface area contributed by atoms with Crippen molar-refractivity contribution < 1.29 is 4.79 Å². The number of carbonyl (C=O) groups excluding carboxylic acids is 1. The molecule has 108 valence electrons. The summed E-state index contributed by atoms with van der Waals surface area (Å²) in [6, 6.07) is 10.8. The lowest BCUT2D eigenvalue weighted by atomic mass is 10.1. The summed E-state index contributed by atoms with van der Waals surface area (Å²) in [5, 5.41) is 3.33. The van der Waals surface area contributed by atoms with Crippen LogP contribution in [0.3, 0.4) is 0 Å². The molecule has 0 radical (unpaired) electrons. The van der Waals surface area contributed by atoms with E-state index in [-0.39, 0.29) is 11.0 Å². The van der Waals surface area contributed by atoms with Gasteiger partial charge in [0.05, 0.1) is 20.9 Å². The molecule has 2 rings (SSSR count). The Balaban J connectivity index is 2.12. The van der Waals surface area contributed by atoms with E-state index in [0.29, 0.717) is 15.7 Å². The second-order valence-corrected chi connectivity index (χ2v) is 5.77. The molecule has 0 fully saturated rings. The van der Waals surface area contributed by atoms with Gasteiger partial charge in [0.15, 0.2) is 5.78 Å². The molecule has 0 saturated heterocycles. The van der Waals surface area contributed by atoms with E-state index in [9.17, 15) is 4.79 Å². The van der Waals surface area contributed by atoms with Crippen molar-refractivity contribution in [1.29, 1.82) is 0 Å². The molecule has 1 aromatic heterocycles. The van der Waals surface area contributed by atoms with Crippen molar-refractivity contribution >= 4 is 52.9 Å². The fraction of sp³-hybridized carbons (Fsp3) is 0.133. The van der Waals surface area contributed by atoms with E-state index in [4.69, 9.17) is 23.8 Å². The summed E-state index contributed by atoms with van der Waals surface area (Å²) in [4.78, 5) is 15.8. The number of rotatable bonds is 4. The quantitative estimate of drug-likeness (QED) is 0.495. The van der Waals surface area contributed by atoms with Gasteiger partial charge in [0.1, 0.15) is 5.69 Å². The zero-order valence-corrected chi connectivity index (χ0v) is 13.7. The van der Waals surface area contributed by atoms with Crippen molar-refractivity contribution in [3.05, 3.63) is 58.9 Å². The number of nitrogens with one attached hydrogen (secondary N) is 1. The minimum Gasteiger partial charge on any atom is -0.348 e. The zero-order valence-electron chi connectivity index (χ0n) is 11.2. The topological polar surface area (TPSA) is 42.0 Å². The molecule has 1 heterocycles. The lowest BCUT2D eigenvalue weighted by molar-refractivity contribution is 0.101. The van der Waals surface area contributed by atoms with Gasteiger partial charge in [-0.05, 0) is 23.8 Å². The molecule has 1 unspecified atom stereocenters. The van der Waals surface area contributed by atoms with Gasteiger partial charge in [0.2, 0.25) is 0 Å². The number of halogens is 1. The molecule has 21 heavy (non-hydrogen) atoms. The smallest absolute Gasteiger partial charge is 0.178 e. The Kier molecular flexibility index (Phi) is 5.33. The summed E-state index contributed by atoms with van der Waals surface area (Å²) >= 11 is 15.9. The van der Waals surface area contributed by atoms with E-state index in [1.165, 1.54) is 6.92 Å². The standard InChI is InChI=1S/C15H13ClN2OS2/c1-9(19)12-7-6-10(8-17-12)14(20)15(21)18-13-5-3-2-4-11(13)16/h2-8,14,20H,1H3,(H,18,21). The van der Waals surface area contributed by atoms with Crippen LogP contribution in [-0.4, -0.2) is 15.8 Å². The number of aromatic nitrogens is 1. The van der Waals surface area contributed by atoms with Crippen molar-refractivity contribution in [1.82, 2.24) is 4.98 Å². The van der Waals surface area contributed by atoms with Crippen molar-refractivity contribution in [2.75, 3.05) is 5.32 Å². The lowest BCUT2D eigenvalue weighted by Gasteiger charge is -2.15. The van der Waals surface area contributed by atoms with Gasteiger partial charge in [-0.15, -0.1) is 0 Å². The predicted molar refractivity (Wildman–Crippen MR) is 93.6 cm³/mol. The highest BCUT2D eigenvalue weighted by Gasteiger charge is 2.14. The first-order valence-electron chi connectivity index (χ1n) is 6.19. The highest BCUT2D eigenvalue weighted by Crippen LogP contribution is 2.26. The number of para-hydroxylation sites is 1. The van der Waals surface area contributed by atoms with E-state index in [0.717, 1.165) is 11.3 Å². The number of ketones is 1. The maximum atomic E-state index is 11.2. The van der Waals surface area contributed by atoms with Crippen LogP contribution in [0.25, 0.3) is 0 Å². The van der Waals surface area contributed by atoms with E-state index < -0.39 is 0 Å². The molecule has 0 amide bonds. The lowest BCUT2D eigenvalue weighted by Crippen LogP contribution is -2.15. The number of nitrogens with zero attached hydrogens (tertiary/aromatic N) is 1. The van der Waals surface area contributed by atoms with Crippen LogP contribution in [0, 0.1) is 0 Å². The Hall–Kier alpha value is -1.43. The molecular weight excluding hydrogens is 324 g/mol.